The summed E-state index contributed by atoms with van der Waals surface area (Å²) in [5, 5.41) is 10.7. The van der Waals surface area contributed by atoms with Crippen LogP contribution >= 0.6 is 11.3 Å². The van der Waals surface area contributed by atoms with E-state index in [1.807, 2.05) is 6.20 Å². The van der Waals surface area contributed by atoms with Crippen molar-refractivity contribution in [2.75, 3.05) is 57.3 Å². The number of aliphatic hydroxyl groups is 1. The van der Waals surface area contributed by atoms with Crippen molar-refractivity contribution < 1.29 is 17.9 Å². The number of halogens is 1. The maximum Gasteiger partial charge on any atom is 0.254 e. The zero-order valence-electron chi connectivity index (χ0n) is 22.8. The van der Waals surface area contributed by atoms with E-state index in [0.29, 0.717) is 26.2 Å². The standard InChI is InChI=1S/C27H36FN7O3S2/c1-19(21-3-5-22(28)6-4-21)35-18-29-14-25(35)20(2)31-9-11-34(12-10-31)40(37,38)26-15-30-27(39-26)33-8-7-32-17-24(36)13-23(32)16-33/h3-6,14-15,18-20,23-24,36H,7-13,16-17H2,1-2H3/t19-,20?,23+,24-/m1/s1. The van der Waals surface area contributed by atoms with Crippen molar-refractivity contribution in [1.82, 2.24) is 28.6 Å². The monoisotopic (exact) mass is 589 g/mol. The van der Waals surface area contributed by atoms with Crippen molar-refractivity contribution in [3.63, 3.8) is 0 Å². The second-order valence-corrected chi connectivity index (χ2v) is 14.2. The van der Waals surface area contributed by atoms with E-state index in [1.54, 1.807) is 22.8 Å². The zero-order chi connectivity index (χ0) is 28.0. The maximum atomic E-state index is 13.5. The average Bonchev–Trinajstić information content (AvgIpc) is 3.72. The van der Waals surface area contributed by atoms with Crippen LogP contribution in [0.15, 0.2) is 47.2 Å². The highest BCUT2D eigenvalue weighted by molar-refractivity contribution is 7.91. The van der Waals surface area contributed by atoms with Gasteiger partial charge in [-0.3, -0.25) is 9.80 Å². The lowest BCUT2D eigenvalue weighted by Gasteiger charge is -2.37. The summed E-state index contributed by atoms with van der Waals surface area (Å²) in [7, 11) is -3.63. The molecular formula is C27H36FN7O3S2. The van der Waals surface area contributed by atoms with Crippen LogP contribution in [0.4, 0.5) is 9.52 Å². The molecule has 0 saturated carbocycles. The number of sulfonamides is 1. The second-order valence-electron chi connectivity index (χ2n) is 11.0. The van der Waals surface area contributed by atoms with Crippen molar-refractivity contribution in [1.29, 1.82) is 0 Å². The summed E-state index contributed by atoms with van der Waals surface area (Å²) in [5.74, 6) is -0.259. The van der Waals surface area contributed by atoms with Crippen LogP contribution in [0.2, 0.25) is 0 Å². The molecule has 10 nitrogen and oxygen atoms in total. The topological polar surface area (TPSA) is 98.0 Å². The molecule has 5 heterocycles. The lowest BCUT2D eigenvalue weighted by Crippen LogP contribution is -2.50. The number of nitrogens with zero attached hydrogens (tertiary/aromatic N) is 7. The number of benzene rings is 1. The van der Waals surface area contributed by atoms with E-state index >= 15 is 0 Å². The van der Waals surface area contributed by atoms with Gasteiger partial charge in [0.25, 0.3) is 10.0 Å². The summed E-state index contributed by atoms with van der Waals surface area (Å²) in [6, 6.07) is 6.85. The van der Waals surface area contributed by atoms with Gasteiger partial charge in [-0.05, 0) is 38.0 Å². The molecule has 2 aromatic heterocycles. The highest BCUT2D eigenvalue weighted by Gasteiger charge is 2.37. The van der Waals surface area contributed by atoms with Gasteiger partial charge in [-0.25, -0.2) is 22.8 Å². The summed E-state index contributed by atoms with van der Waals surface area (Å²) in [6.07, 6.45) is 5.63. The number of hydrogen-bond acceptors (Lipinski definition) is 9. The van der Waals surface area contributed by atoms with Gasteiger partial charge in [0.1, 0.15) is 5.82 Å². The summed E-state index contributed by atoms with van der Waals surface area (Å²) in [6.45, 7) is 9.31. The van der Waals surface area contributed by atoms with E-state index in [1.165, 1.54) is 29.7 Å². The molecule has 3 aliphatic rings. The molecule has 40 heavy (non-hydrogen) atoms. The van der Waals surface area contributed by atoms with E-state index in [4.69, 9.17) is 0 Å². The van der Waals surface area contributed by atoms with Crippen molar-refractivity contribution in [2.24, 2.45) is 0 Å². The number of imidazole rings is 1. The molecule has 3 aromatic rings. The minimum absolute atomic E-state index is 0.00976. The number of thiazole rings is 1. The van der Waals surface area contributed by atoms with Gasteiger partial charge in [-0.1, -0.05) is 23.5 Å². The summed E-state index contributed by atoms with van der Waals surface area (Å²) in [4.78, 5) is 15.6. The van der Waals surface area contributed by atoms with Gasteiger partial charge in [0.05, 0.1) is 30.4 Å². The van der Waals surface area contributed by atoms with E-state index in [2.05, 4.69) is 43.1 Å². The number of hydrogen-bond donors (Lipinski definition) is 1. The van der Waals surface area contributed by atoms with Gasteiger partial charge in [0, 0.05) is 70.6 Å². The van der Waals surface area contributed by atoms with Crippen LogP contribution in [0.3, 0.4) is 0 Å². The first-order valence-electron chi connectivity index (χ1n) is 13.8. The van der Waals surface area contributed by atoms with Crippen LogP contribution in [-0.4, -0.2) is 107 Å². The van der Waals surface area contributed by atoms with Crippen LogP contribution in [0.25, 0.3) is 0 Å². The summed E-state index contributed by atoms with van der Waals surface area (Å²) >= 11 is 1.24. The molecule has 216 valence electrons. The van der Waals surface area contributed by atoms with Gasteiger partial charge in [-0.15, -0.1) is 0 Å². The third-order valence-electron chi connectivity index (χ3n) is 8.65. The molecular weight excluding hydrogens is 553 g/mol. The molecule has 1 unspecified atom stereocenters. The highest BCUT2D eigenvalue weighted by atomic mass is 32.2. The SMILES string of the molecule is CC(c1cncn1[C@H](C)c1ccc(F)cc1)N1CCN(S(=O)(=O)c2cnc(N3CCN4C[C@H](O)C[C@H]4C3)s2)CC1. The Labute approximate surface area is 238 Å². The Balaban J connectivity index is 1.09. The van der Waals surface area contributed by atoms with Crippen molar-refractivity contribution in [3.05, 3.63) is 60.1 Å². The van der Waals surface area contributed by atoms with Crippen LogP contribution < -0.4 is 4.90 Å². The molecule has 0 bridgehead atoms. The first kappa shape index (κ1) is 27.7. The van der Waals surface area contributed by atoms with Crippen molar-refractivity contribution in [3.8, 4) is 0 Å². The lowest BCUT2D eigenvalue weighted by molar-refractivity contribution is 0.141. The largest absolute Gasteiger partial charge is 0.392 e. The fraction of sp³-hybridized carbons (Fsp3) is 0.556. The van der Waals surface area contributed by atoms with Gasteiger partial charge in [0.2, 0.25) is 0 Å². The molecule has 4 atom stereocenters. The first-order valence-corrected chi connectivity index (χ1v) is 16.1. The van der Waals surface area contributed by atoms with Crippen molar-refractivity contribution >= 4 is 26.5 Å². The van der Waals surface area contributed by atoms with Gasteiger partial charge < -0.3 is 14.6 Å². The quantitative estimate of drug-likeness (QED) is 0.449. The van der Waals surface area contributed by atoms with E-state index < -0.39 is 10.0 Å². The number of aromatic nitrogens is 3. The van der Waals surface area contributed by atoms with E-state index in [0.717, 1.165) is 49.0 Å². The molecule has 3 saturated heterocycles. The van der Waals surface area contributed by atoms with Gasteiger partial charge >= 0.3 is 0 Å². The number of aliphatic hydroxyl groups excluding tert-OH is 1. The fourth-order valence-electron chi connectivity index (χ4n) is 6.22. The van der Waals surface area contributed by atoms with Crippen LogP contribution in [-0.2, 0) is 10.0 Å². The lowest BCUT2D eigenvalue weighted by atomic mass is 10.1. The molecule has 0 spiro atoms. The number of rotatable bonds is 7. The van der Waals surface area contributed by atoms with Crippen LogP contribution in [0.1, 0.15) is 43.6 Å². The molecule has 1 N–H and O–H groups in total. The third kappa shape index (κ3) is 5.30. The molecule has 3 fully saturated rings. The Kier molecular flexibility index (Phi) is 7.70. The van der Waals surface area contributed by atoms with Crippen LogP contribution in [0, 0.1) is 5.82 Å². The first-order chi connectivity index (χ1) is 19.2. The molecule has 0 radical (unpaired) electrons. The van der Waals surface area contributed by atoms with E-state index in [9.17, 15) is 17.9 Å². The minimum Gasteiger partial charge on any atom is -0.392 e. The predicted octanol–water partition coefficient (Wildman–Crippen LogP) is 2.41. The van der Waals surface area contributed by atoms with Crippen molar-refractivity contribution in [2.45, 2.75) is 48.7 Å². The molecule has 0 aliphatic carbocycles. The Morgan fingerprint density at radius 3 is 2.50 bits per heavy atom. The molecule has 6 rings (SSSR count). The minimum atomic E-state index is -3.63. The summed E-state index contributed by atoms with van der Waals surface area (Å²) in [5.41, 5.74) is 2.03. The second kappa shape index (κ2) is 11.1. The number of fused-ring (bicyclic) bond motifs is 1. The Bertz CT molecular complexity index is 1420. The normalized spacial score (nSPS) is 24.8. The number of anilines is 1. The Morgan fingerprint density at radius 2 is 1.75 bits per heavy atom. The van der Waals surface area contributed by atoms with Gasteiger partial charge in [-0.2, -0.15) is 4.31 Å². The summed E-state index contributed by atoms with van der Waals surface area (Å²) < 4.78 is 44.4. The molecule has 13 heteroatoms. The molecule has 3 aliphatic heterocycles. The Hall–Kier alpha value is -2.42. The predicted molar refractivity (Wildman–Crippen MR) is 151 cm³/mol. The third-order valence-corrected chi connectivity index (χ3v) is 12.0. The Morgan fingerprint density at radius 1 is 1.00 bits per heavy atom. The molecule has 0 amide bonds. The van der Waals surface area contributed by atoms with Crippen LogP contribution in [0.5, 0.6) is 0 Å². The number of piperazine rings is 2. The van der Waals surface area contributed by atoms with E-state index in [-0.39, 0.29) is 34.3 Å². The smallest absolute Gasteiger partial charge is 0.254 e. The average molecular weight is 590 g/mol. The fourth-order valence-corrected chi connectivity index (χ4v) is 8.95. The molecule has 1 aromatic carbocycles. The van der Waals surface area contributed by atoms with Gasteiger partial charge in [0.15, 0.2) is 9.34 Å². The maximum absolute atomic E-state index is 13.5. The zero-order valence-corrected chi connectivity index (χ0v) is 24.4. The highest BCUT2D eigenvalue weighted by Crippen LogP contribution is 2.33.